The van der Waals surface area contributed by atoms with E-state index in [1.165, 1.54) is 0 Å². The maximum atomic E-state index is 9.75. The molecule has 0 aliphatic heterocycles. The number of hydrogen-bond donors (Lipinski definition) is 2. The summed E-state index contributed by atoms with van der Waals surface area (Å²) in [6.07, 6.45) is 1.54. The quantitative estimate of drug-likeness (QED) is 0.902. The van der Waals surface area contributed by atoms with Gasteiger partial charge in [-0.25, -0.2) is 0 Å². The van der Waals surface area contributed by atoms with Crippen LogP contribution in [0.2, 0.25) is 0 Å². The molecule has 3 atom stereocenters. The topological polar surface area (TPSA) is 49.7 Å². The van der Waals surface area contributed by atoms with E-state index in [2.05, 4.69) is 15.9 Å². The first-order valence-corrected chi connectivity index (χ1v) is 6.69. The van der Waals surface area contributed by atoms with Crippen LogP contribution in [0.5, 0.6) is 5.75 Å². The van der Waals surface area contributed by atoms with E-state index in [0.717, 1.165) is 29.3 Å². The maximum Gasteiger partial charge on any atom is 0.126 e. The van der Waals surface area contributed by atoms with E-state index in [-0.39, 0.29) is 6.10 Å². The Morgan fingerprint density at radius 2 is 2.18 bits per heavy atom. The second-order valence-corrected chi connectivity index (χ2v) is 5.43. The second kappa shape index (κ2) is 5.38. The molecule has 3 nitrogen and oxygen atoms in total. The molecule has 94 valence electrons. The lowest BCUT2D eigenvalue weighted by Gasteiger charge is -2.20. The van der Waals surface area contributed by atoms with E-state index in [4.69, 9.17) is 4.74 Å². The van der Waals surface area contributed by atoms with E-state index in [1.54, 1.807) is 6.92 Å². The number of aliphatic hydroxyl groups excluding tert-OH is 2. The largest absolute Gasteiger partial charge is 0.487 e. The van der Waals surface area contributed by atoms with Crippen LogP contribution in [0.3, 0.4) is 0 Å². The molecule has 2 rings (SSSR count). The molecular weight excluding hydrogens is 284 g/mol. The molecule has 2 unspecified atom stereocenters. The van der Waals surface area contributed by atoms with Crippen molar-refractivity contribution in [3.63, 3.8) is 0 Å². The normalized spacial score (nSPS) is 25.9. The van der Waals surface area contributed by atoms with Crippen molar-refractivity contribution >= 4 is 15.9 Å². The van der Waals surface area contributed by atoms with Crippen molar-refractivity contribution in [1.82, 2.24) is 0 Å². The highest BCUT2D eigenvalue weighted by atomic mass is 79.9. The zero-order valence-corrected chi connectivity index (χ0v) is 11.4. The molecule has 0 spiro atoms. The summed E-state index contributed by atoms with van der Waals surface area (Å²) in [6, 6.07) is 5.55. The highest BCUT2D eigenvalue weighted by Gasteiger charge is 2.27. The van der Waals surface area contributed by atoms with Gasteiger partial charge >= 0.3 is 0 Å². The van der Waals surface area contributed by atoms with Gasteiger partial charge in [0.2, 0.25) is 0 Å². The van der Waals surface area contributed by atoms with Crippen LogP contribution in [0.1, 0.15) is 37.9 Å². The van der Waals surface area contributed by atoms with Gasteiger partial charge in [-0.15, -0.1) is 0 Å². The molecule has 0 radical (unpaired) electrons. The summed E-state index contributed by atoms with van der Waals surface area (Å²) in [6.45, 7) is 1.71. The Kier molecular flexibility index (Phi) is 4.07. The number of halogens is 1. The standard InChI is InChI=1S/C13H17BrO3/c1-8(15)10-6-5-9(14)7-13(10)17-12-4-2-3-11(12)16/h5-8,11-12,15-16H,2-4H2,1H3/t8-,11?,12?/m0/s1. The third kappa shape index (κ3) is 3.00. The molecule has 0 heterocycles. The second-order valence-electron chi connectivity index (χ2n) is 4.51. The van der Waals surface area contributed by atoms with Crippen molar-refractivity contribution in [2.75, 3.05) is 0 Å². The Morgan fingerprint density at radius 1 is 1.41 bits per heavy atom. The zero-order chi connectivity index (χ0) is 12.4. The van der Waals surface area contributed by atoms with Crippen molar-refractivity contribution in [3.05, 3.63) is 28.2 Å². The molecule has 0 aromatic heterocycles. The van der Waals surface area contributed by atoms with Crippen molar-refractivity contribution in [1.29, 1.82) is 0 Å². The van der Waals surface area contributed by atoms with Crippen LogP contribution in [0, 0.1) is 0 Å². The molecule has 2 N–H and O–H groups in total. The molecule has 1 aromatic rings. The Labute approximate surface area is 110 Å². The third-order valence-corrected chi connectivity index (χ3v) is 3.61. The number of benzene rings is 1. The van der Waals surface area contributed by atoms with Crippen molar-refractivity contribution in [3.8, 4) is 5.75 Å². The Morgan fingerprint density at radius 3 is 2.76 bits per heavy atom. The van der Waals surface area contributed by atoms with Gasteiger partial charge in [0.15, 0.2) is 0 Å². The molecule has 0 amide bonds. The average molecular weight is 301 g/mol. The predicted octanol–water partition coefficient (Wildman–Crippen LogP) is 2.79. The van der Waals surface area contributed by atoms with Gasteiger partial charge in [-0.3, -0.25) is 0 Å². The first-order chi connectivity index (χ1) is 8.08. The Hall–Kier alpha value is -0.580. The van der Waals surface area contributed by atoms with Gasteiger partial charge < -0.3 is 14.9 Å². The van der Waals surface area contributed by atoms with Crippen LogP contribution in [-0.4, -0.2) is 22.4 Å². The lowest BCUT2D eigenvalue weighted by atomic mass is 10.1. The Balaban J connectivity index is 2.21. The highest BCUT2D eigenvalue weighted by molar-refractivity contribution is 9.10. The molecule has 1 fully saturated rings. The molecular formula is C13H17BrO3. The molecule has 4 heteroatoms. The van der Waals surface area contributed by atoms with Gasteiger partial charge in [0.05, 0.1) is 12.2 Å². The lowest BCUT2D eigenvalue weighted by molar-refractivity contribution is 0.0577. The van der Waals surface area contributed by atoms with Gasteiger partial charge in [-0.1, -0.05) is 22.0 Å². The molecule has 0 bridgehead atoms. The fourth-order valence-electron chi connectivity index (χ4n) is 2.16. The summed E-state index contributed by atoms with van der Waals surface area (Å²) in [5, 5.41) is 19.4. The SMILES string of the molecule is C[C@H](O)c1ccc(Br)cc1OC1CCCC1O. The highest BCUT2D eigenvalue weighted by Crippen LogP contribution is 2.32. The summed E-state index contributed by atoms with van der Waals surface area (Å²) in [5.74, 6) is 0.653. The van der Waals surface area contributed by atoms with Crippen LogP contribution >= 0.6 is 15.9 Å². The van der Waals surface area contributed by atoms with Crippen molar-refractivity contribution < 1.29 is 14.9 Å². The summed E-state index contributed by atoms with van der Waals surface area (Å²) >= 11 is 3.39. The van der Waals surface area contributed by atoms with Gasteiger partial charge in [0, 0.05) is 10.0 Å². The first kappa shape index (κ1) is 12.9. The Bertz CT molecular complexity index is 392. The maximum absolute atomic E-state index is 9.75. The minimum atomic E-state index is -0.573. The van der Waals surface area contributed by atoms with Crippen LogP contribution < -0.4 is 4.74 Å². The molecule has 1 aliphatic carbocycles. The van der Waals surface area contributed by atoms with Crippen molar-refractivity contribution in [2.24, 2.45) is 0 Å². The number of aliphatic hydroxyl groups is 2. The summed E-state index contributed by atoms with van der Waals surface area (Å²) in [7, 11) is 0. The average Bonchev–Trinajstić information content (AvgIpc) is 2.64. The van der Waals surface area contributed by atoms with Crippen LogP contribution in [-0.2, 0) is 0 Å². The summed E-state index contributed by atoms with van der Waals surface area (Å²) in [4.78, 5) is 0. The van der Waals surface area contributed by atoms with E-state index in [0.29, 0.717) is 5.75 Å². The molecule has 1 aliphatic rings. The van der Waals surface area contributed by atoms with E-state index in [9.17, 15) is 10.2 Å². The lowest BCUT2D eigenvalue weighted by Crippen LogP contribution is -2.26. The van der Waals surface area contributed by atoms with Crippen molar-refractivity contribution in [2.45, 2.75) is 44.5 Å². The smallest absolute Gasteiger partial charge is 0.126 e. The number of rotatable bonds is 3. The first-order valence-electron chi connectivity index (χ1n) is 5.90. The summed E-state index contributed by atoms with van der Waals surface area (Å²) < 4.78 is 6.73. The van der Waals surface area contributed by atoms with Gasteiger partial charge in [0.25, 0.3) is 0 Å². The minimum Gasteiger partial charge on any atom is -0.487 e. The van der Waals surface area contributed by atoms with E-state index >= 15 is 0 Å². The van der Waals surface area contributed by atoms with E-state index in [1.807, 2.05) is 18.2 Å². The summed E-state index contributed by atoms with van der Waals surface area (Å²) in [5.41, 5.74) is 0.757. The van der Waals surface area contributed by atoms with E-state index < -0.39 is 12.2 Å². The zero-order valence-electron chi connectivity index (χ0n) is 9.77. The number of ether oxygens (including phenoxy) is 1. The molecule has 17 heavy (non-hydrogen) atoms. The van der Waals surface area contributed by atoms with Crippen LogP contribution in [0.4, 0.5) is 0 Å². The predicted molar refractivity (Wildman–Crippen MR) is 69.0 cm³/mol. The third-order valence-electron chi connectivity index (χ3n) is 3.12. The monoisotopic (exact) mass is 300 g/mol. The fraction of sp³-hybridized carbons (Fsp3) is 0.538. The van der Waals surface area contributed by atoms with Gasteiger partial charge in [0.1, 0.15) is 11.9 Å². The fourth-order valence-corrected chi connectivity index (χ4v) is 2.50. The molecule has 1 aromatic carbocycles. The van der Waals surface area contributed by atoms with Gasteiger partial charge in [-0.05, 0) is 38.3 Å². The number of hydrogen-bond acceptors (Lipinski definition) is 3. The molecule has 1 saturated carbocycles. The minimum absolute atomic E-state index is 0.151. The molecule has 0 saturated heterocycles. The van der Waals surface area contributed by atoms with Gasteiger partial charge in [-0.2, -0.15) is 0 Å². The van der Waals surface area contributed by atoms with Crippen LogP contribution in [0.15, 0.2) is 22.7 Å². The van der Waals surface area contributed by atoms with Crippen LogP contribution in [0.25, 0.3) is 0 Å².